The largest absolute Gasteiger partial charge is 0.493 e. The van der Waals surface area contributed by atoms with Gasteiger partial charge in [0.25, 0.3) is 0 Å². The summed E-state index contributed by atoms with van der Waals surface area (Å²) in [4.78, 5) is 18.6. The molecule has 0 bridgehead atoms. The van der Waals surface area contributed by atoms with Crippen LogP contribution in [0.25, 0.3) is 0 Å². The van der Waals surface area contributed by atoms with Crippen LogP contribution in [-0.2, 0) is 17.9 Å². The van der Waals surface area contributed by atoms with Gasteiger partial charge in [-0.25, -0.2) is 0 Å². The number of hydrogen-bond acceptors (Lipinski definition) is 4. The lowest BCUT2D eigenvalue weighted by atomic mass is 10.2. The molecule has 0 unspecified atom stereocenters. The molecule has 7 nitrogen and oxygen atoms in total. The van der Waals surface area contributed by atoms with Crippen LogP contribution < -0.4 is 20.1 Å². The van der Waals surface area contributed by atoms with Gasteiger partial charge >= 0.3 is 0 Å². The molecule has 0 heterocycles. The predicted molar refractivity (Wildman–Crippen MR) is 115 cm³/mol. The summed E-state index contributed by atoms with van der Waals surface area (Å²) in [5, 5.41) is 6.29. The van der Waals surface area contributed by atoms with Gasteiger partial charge in [-0.15, -0.1) is 0 Å². The number of methoxy groups -OCH3 is 2. The first-order valence-electron chi connectivity index (χ1n) is 9.58. The van der Waals surface area contributed by atoms with Gasteiger partial charge in [0.1, 0.15) is 0 Å². The van der Waals surface area contributed by atoms with E-state index < -0.39 is 0 Å². The minimum atomic E-state index is 0.0189. The third kappa shape index (κ3) is 6.71. The average molecular weight is 399 g/mol. The normalized spacial score (nSPS) is 11.0. The number of likely N-dealkylation sites (N-methyl/N-ethyl adjacent to an activating group) is 1. The maximum absolute atomic E-state index is 12.6. The summed E-state index contributed by atoms with van der Waals surface area (Å²) >= 11 is 0. The van der Waals surface area contributed by atoms with E-state index in [1.807, 2.05) is 60.4 Å². The summed E-state index contributed by atoms with van der Waals surface area (Å²) < 4.78 is 10.6. The summed E-state index contributed by atoms with van der Waals surface area (Å²) in [7, 11) is 4.89. The van der Waals surface area contributed by atoms with Crippen LogP contribution in [0.5, 0.6) is 11.5 Å². The fourth-order valence-electron chi connectivity index (χ4n) is 2.85. The molecular formula is C22H30N4O3. The second-order valence-electron chi connectivity index (χ2n) is 6.36. The van der Waals surface area contributed by atoms with E-state index >= 15 is 0 Å². The van der Waals surface area contributed by atoms with Gasteiger partial charge < -0.3 is 25.0 Å². The highest BCUT2D eigenvalue weighted by Crippen LogP contribution is 2.27. The van der Waals surface area contributed by atoms with Crippen LogP contribution >= 0.6 is 0 Å². The number of amides is 1. The SMILES string of the molecule is CCN(Cc1ccccc1)C(=O)CNC(=NC)NCc1ccc(OC)c(OC)c1. The van der Waals surface area contributed by atoms with Gasteiger partial charge in [-0.2, -0.15) is 0 Å². The number of hydrogen-bond donors (Lipinski definition) is 2. The standard InChI is InChI=1S/C22H30N4O3/c1-5-26(16-17-9-7-6-8-10-17)21(27)15-25-22(23-2)24-14-18-11-12-19(28-3)20(13-18)29-4/h6-13H,5,14-16H2,1-4H3,(H2,23,24,25). The Kier molecular flexibility index (Phi) is 8.82. The van der Waals surface area contributed by atoms with Crippen molar-refractivity contribution >= 4 is 11.9 Å². The Morgan fingerprint density at radius 2 is 1.72 bits per heavy atom. The summed E-state index contributed by atoms with van der Waals surface area (Å²) in [6, 6.07) is 15.7. The Labute approximate surface area is 172 Å². The summed E-state index contributed by atoms with van der Waals surface area (Å²) in [6.45, 7) is 3.93. The predicted octanol–water partition coefficient (Wildman–Crippen LogP) is 2.42. The van der Waals surface area contributed by atoms with Crippen molar-refractivity contribution in [3.63, 3.8) is 0 Å². The first-order valence-corrected chi connectivity index (χ1v) is 9.58. The molecule has 0 spiro atoms. The zero-order chi connectivity index (χ0) is 21.1. The fraction of sp³-hybridized carbons (Fsp3) is 0.364. The summed E-state index contributed by atoms with van der Waals surface area (Å²) in [5.74, 6) is 1.93. The van der Waals surface area contributed by atoms with Crippen molar-refractivity contribution < 1.29 is 14.3 Å². The topological polar surface area (TPSA) is 75.2 Å². The minimum Gasteiger partial charge on any atom is -0.493 e. The van der Waals surface area contributed by atoms with E-state index in [-0.39, 0.29) is 12.5 Å². The Bertz CT molecular complexity index is 809. The van der Waals surface area contributed by atoms with Crippen LogP contribution in [0.15, 0.2) is 53.5 Å². The van der Waals surface area contributed by atoms with E-state index in [0.29, 0.717) is 37.1 Å². The second kappa shape index (κ2) is 11.6. The smallest absolute Gasteiger partial charge is 0.242 e. The van der Waals surface area contributed by atoms with Gasteiger partial charge in [-0.1, -0.05) is 36.4 Å². The molecule has 2 N–H and O–H groups in total. The lowest BCUT2D eigenvalue weighted by molar-refractivity contribution is -0.130. The number of rotatable bonds is 9. The van der Waals surface area contributed by atoms with Crippen LogP contribution in [0.4, 0.5) is 0 Å². The molecule has 29 heavy (non-hydrogen) atoms. The maximum atomic E-state index is 12.6. The molecule has 0 aliphatic carbocycles. The molecule has 156 valence electrons. The minimum absolute atomic E-state index is 0.0189. The molecule has 0 aliphatic rings. The van der Waals surface area contributed by atoms with Crippen molar-refractivity contribution in [3.8, 4) is 11.5 Å². The molecule has 7 heteroatoms. The van der Waals surface area contributed by atoms with E-state index in [1.165, 1.54) is 0 Å². The van der Waals surface area contributed by atoms with Gasteiger partial charge in [0.15, 0.2) is 17.5 Å². The first-order chi connectivity index (χ1) is 14.1. The van der Waals surface area contributed by atoms with Crippen molar-refractivity contribution in [2.75, 3.05) is 34.4 Å². The number of nitrogens with one attached hydrogen (secondary N) is 2. The molecule has 0 saturated carbocycles. The number of carbonyl (C=O) groups is 1. The molecule has 2 aromatic rings. The van der Waals surface area contributed by atoms with Gasteiger partial charge in [-0.3, -0.25) is 9.79 Å². The molecule has 0 radical (unpaired) electrons. The van der Waals surface area contributed by atoms with Crippen molar-refractivity contribution in [2.24, 2.45) is 4.99 Å². The number of carbonyl (C=O) groups excluding carboxylic acids is 1. The molecule has 0 saturated heterocycles. The Hall–Kier alpha value is -3.22. The Balaban J connectivity index is 1.87. The van der Waals surface area contributed by atoms with Crippen molar-refractivity contribution in [2.45, 2.75) is 20.0 Å². The third-order valence-corrected chi connectivity index (χ3v) is 4.49. The Morgan fingerprint density at radius 1 is 1.00 bits per heavy atom. The highest BCUT2D eigenvalue weighted by atomic mass is 16.5. The molecule has 1 amide bonds. The molecule has 0 atom stereocenters. The van der Waals surface area contributed by atoms with E-state index in [1.54, 1.807) is 21.3 Å². The quantitative estimate of drug-likeness (QED) is 0.501. The fourth-order valence-corrected chi connectivity index (χ4v) is 2.85. The summed E-state index contributed by atoms with van der Waals surface area (Å²) in [5.41, 5.74) is 2.12. The number of benzene rings is 2. The number of nitrogens with zero attached hydrogens (tertiary/aromatic N) is 2. The van der Waals surface area contributed by atoms with Crippen LogP contribution in [-0.4, -0.2) is 51.1 Å². The van der Waals surface area contributed by atoms with Crippen LogP contribution in [0, 0.1) is 0 Å². The zero-order valence-corrected chi connectivity index (χ0v) is 17.6. The van der Waals surface area contributed by atoms with Crippen LogP contribution in [0.3, 0.4) is 0 Å². The molecule has 0 aromatic heterocycles. The average Bonchev–Trinajstić information content (AvgIpc) is 2.77. The highest BCUT2D eigenvalue weighted by Gasteiger charge is 2.13. The van der Waals surface area contributed by atoms with Crippen molar-refractivity contribution in [3.05, 3.63) is 59.7 Å². The second-order valence-corrected chi connectivity index (χ2v) is 6.36. The van der Waals surface area contributed by atoms with E-state index in [2.05, 4.69) is 15.6 Å². The van der Waals surface area contributed by atoms with E-state index in [4.69, 9.17) is 9.47 Å². The highest BCUT2D eigenvalue weighted by molar-refractivity contribution is 5.86. The number of ether oxygens (including phenoxy) is 2. The first kappa shape index (κ1) is 22.1. The maximum Gasteiger partial charge on any atom is 0.242 e. The molecular weight excluding hydrogens is 368 g/mol. The number of guanidine groups is 1. The van der Waals surface area contributed by atoms with Gasteiger partial charge in [0.05, 0.1) is 20.8 Å². The van der Waals surface area contributed by atoms with E-state index in [9.17, 15) is 4.79 Å². The van der Waals surface area contributed by atoms with Gasteiger partial charge in [-0.05, 0) is 30.2 Å². The number of aliphatic imine (C=N–C) groups is 1. The lowest BCUT2D eigenvalue weighted by Crippen LogP contribution is -2.44. The monoisotopic (exact) mass is 398 g/mol. The molecule has 0 aliphatic heterocycles. The molecule has 2 rings (SSSR count). The zero-order valence-electron chi connectivity index (χ0n) is 17.6. The van der Waals surface area contributed by atoms with Gasteiger partial charge in [0.2, 0.25) is 5.91 Å². The molecule has 0 fully saturated rings. The van der Waals surface area contributed by atoms with Gasteiger partial charge in [0, 0.05) is 26.7 Å². The molecule has 2 aromatic carbocycles. The van der Waals surface area contributed by atoms with Crippen LogP contribution in [0.2, 0.25) is 0 Å². The van der Waals surface area contributed by atoms with E-state index in [0.717, 1.165) is 11.1 Å². The Morgan fingerprint density at radius 3 is 2.34 bits per heavy atom. The summed E-state index contributed by atoms with van der Waals surface area (Å²) in [6.07, 6.45) is 0. The van der Waals surface area contributed by atoms with Crippen LogP contribution in [0.1, 0.15) is 18.1 Å². The van der Waals surface area contributed by atoms with Crippen molar-refractivity contribution in [1.82, 2.24) is 15.5 Å². The lowest BCUT2D eigenvalue weighted by Gasteiger charge is -2.22. The van der Waals surface area contributed by atoms with Crippen molar-refractivity contribution in [1.29, 1.82) is 0 Å². The third-order valence-electron chi connectivity index (χ3n) is 4.49.